The van der Waals surface area contributed by atoms with E-state index >= 15 is 0 Å². The number of primary amides is 1. The summed E-state index contributed by atoms with van der Waals surface area (Å²) in [7, 11) is 0. The summed E-state index contributed by atoms with van der Waals surface area (Å²) >= 11 is 0. The molecule has 6 heteroatoms. The number of ketones is 1. The molecule has 3 aromatic rings. The molecule has 1 aromatic heterocycles. The second-order valence-electron chi connectivity index (χ2n) is 8.21. The number of carbonyl (C=O) groups is 2. The van der Waals surface area contributed by atoms with Crippen molar-refractivity contribution in [3.8, 4) is 11.3 Å². The molecule has 0 aliphatic carbocycles. The number of benzene rings is 2. The normalized spacial score (nSPS) is 11.1. The molecule has 6 nitrogen and oxygen atoms in total. The highest BCUT2D eigenvalue weighted by atomic mass is 16.1. The number of hydrogen-bond donors (Lipinski definition) is 2. The molecule has 0 atom stereocenters. The molecule has 0 aliphatic rings. The maximum absolute atomic E-state index is 12.6. The Morgan fingerprint density at radius 3 is 2.23 bits per heavy atom. The highest BCUT2D eigenvalue weighted by Crippen LogP contribution is 2.29. The molecule has 0 fully saturated rings. The van der Waals surface area contributed by atoms with Crippen molar-refractivity contribution in [2.45, 2.75) is 53.0 Å². The molecule has 0 saturated carbocycles. The molecule has 0 aliphatic heterocycles. The van der Waals surface area contributed by atoms with Gasteiger partial charge in [-0.25, -0.2) is 4.68 Å². The second-order valence-corrected chi connectivity index (χ2v) is 8.21. The predicted octanol–water partition coefficient (Wildman–Crippen LogP) is 4.04. The average molecular weight is 419 g/mol. The van der Waals surface area contributed by atoms with Gasteiger partial charge in [0.05, 0.1) is 0 Å². The monoisotopic (exact) mass is 418 g/mol. The number of aromatic nitrogens is 2. The van der Waals surface area contributed by atoms with Crippen molar-refractivity contribution in [2.24, 2.45) is 5.73 Å². The van der Waals surface area contributed by atoms with Crippen LogP contribution in [0, 0.1) is 6.92 Å². The van der Waals surface area contributed by atoms with E-state index in [0.717, 1.165) is 23.1 Å². The van der Waals surface area contributed by atoms with Crippen LogP contribution in [0.1, 0.15) is 59.4 Å². The lowest BCUT2D eigenvalue weighted by atomic mass is 9.97. The van der Waals surface area contributed by atoms with E-state index < -0.39 is 5.91 Å². The lowest BCUT2D eigenvalue weighted by Gasteiger charge is -2.07. The van der Waals surface area contributed by atoms with Crippen LogP contribution in [-0.4, -0.2) is 21.5 Å². The van der Waals surface area contributed by atoms with Crippen molar-refractivity contribution in [1.82, 2.24) is 9.78 Å². The van der Waals surface area contributed by atoms with Crippen molar-refractivity contribution < 1.29 is 9.59 Å². The molecule has 2 aromatic carbocycles. The van der Waals surface area contributed by atoms with E-state index in [9.17, 15) is 9.59 Å². The molecule has 0 saturated heterocycles. The fraction of sp³-hybridized carbons (Fsp3) is 0.320. The molecular weight excluding hydrogens is 388 g/mol. The van der Waals surface area contributed by atoms with Crippen LogP contribution in [0.25, 0.3) is 11.3 Å². The summed E-state index contributed by atoms with van der Waals surface area (Å²) < 4.78 is 1.60. The highest BCUT2D eigenvalue weighted by Gasteiger charge is 2.22. The molecule has 0 spiro atoms. The summed E-state index contributed by atoms with van der Waals surface area (Å²) in [6.45, 7) is 8.08. The molecular formula is C25H30N4O2. The quantitative estimate of drug-likeness (QED) is 0.576. The van der Waals surface area contributed by atoms with Crippen LogP contribution in [0.5, 0.6) is 0 Å². The van der Waals surface area contributed by atoms with Gasteiger partial charge in [0.25, 0.3) is 5.91 Å². The zero-order chi connectivity index (χ0) is 22.7. The van der Waals surface area contributed by atoms with Crippen molar-refractivity contribution in [3.63, 3.8) is 0 Å². The van der Waals surface area contributed by atoms with Gasteiger partial charge in [0.2, 0.25) is 0 Å². The van der Waals surface area contributed by atoms with E-state index in [4.69, 9.17) is 11.5 Å². The number of carbonyl (C=O) groups excluding carboxylic acids is 2. The summed E-state index contributed by atoms with van der Waals surface area (Å²) in [5, 5.41) is 4.49. The molecule has 1 amide bonds. The summed E-state index contributed by atoms with van der Waals surface area (Å²) in [4.78, 5) is 24.5. The Hall–Kier alpha value is -3.41. The highest BCUT2D eigenvalue weighted by molar-refractivity contribution is 6.03. The molecule has 162 valence electrons. The number of nitrogens with zero attached hydrogens (tertiary/aromatic N) is 2. The van der Waals surface area contributed by atoms with E-state index in [-0.39, 0.29) is 23.2 Å². The van der Waals surface area contributed by atoms with Gasteiger partial charge in [-0.3, -0.25) is 9.59 Å². The largest absolute Gasteiger partial charge is 0.383 e. The fourth-order valence-corrected chi connectivity index (χ4v) is 3.80. The van der Waals surface area contributed by atoms with Crippen LogP contribution >= 0.6 is 0 Å². The van der Waals surface area contributed by atoms with Crippen LogP contribution in [0.15, 0.2) is 42.5 Å². The first-order chi connectivity index (χ1) is 14.7. The molecule has 4 N–H and O–H groups in total. The first-order valence-electron chi connectivity index (χ1n) is 10.6. The second kappa shape index (κ2) is 9.16. The molecule has 1 heterocycles. The third-order valence-electron chi connectivity index (χ3n) is 5.51. The Kier molecular flexibility index (Phi) is 6.59. The molecule has 0 unspecified atom stereocenters. The van der Waals surface area contributed by atoms with Gasteiger partial charge in [-0.15, -0.1) is 0 Å². The van der Waals surface area contributed by atoms with E-state index in [1.807, 2.05) is 44.2 Å². The lowest BCUT2D eigenvalue weighted by molar-refractivity contribution is -0.117. The van der Waals surface area contributed by atoms with Crippen molar-refractivity contribution in [1.29, 1.82) is 0 Å². The first-order valence-corrected chi connectivity index (χ1v) is 10.6. The molecule has 31 heavy (non-hydrogen) atoms. The van der Waals surface area contributed by atoms with Crippen molar-refractivity contribution in [3.05, 3.63) is 70.3 Å². The van der Waals surface area contributed by atoms with E-state index in [1.165, 1.54) is 11.1 Å². The van der Waals surface area contributed by atoms with Gasteiger partial charge in [0, 0.05) is 24.4 Å². The van der Waals surface area contributed by atoms with Crippen molar-refractivity contribution >= 4 is 17.5 Å². The Balaban J connectivity index is 1.77. The van der Waals surface area contributed by atoms with Gasteiger partial charge in [0.1, 0.15) is 22.9 Å². The summed E-state index contributed by atoms with van der Waals surface area (Å²) in [5.74, 6) is -0.186. The molecule has 3 rings (SSSR count). The Bertz CT molecular complexity index is 1110. The van der Waals surface area contributed by atoms with E-state index in [0.29, 0.717) is 18.5 Å². The van der Waals surface area contributed by atoms with Crippen LogP contribution < -0.4 is 11.5 Å². The maximum Gasteiger partial charge on any atom is 0.254 e. The first kappa shape index (κ1) is 22.3. The van der Waals surface area contributed by atoms with Gasteiger partial charge < -0.3 is 11.5 Å². The lowest BCUT2D eigenvalue weighted by Crippen LogP contribution is -2.15. The minimum absolute atomic E-state index is 0.00116. The van der Waals surface area contributed by atoms with Crippen molar-refractivity contribution in [2.75, 3.05) is 5.73 Å². The topological polar surface area (TPSA) is 104 Å². The minimum Gasteiger partial charge on any atom is -0.383 e. The van der Waals surface area contributed by atoms with Crippen LogP contribution in [0.2, 0.25) is 0 Å². The molecule has 0 radical (unpaired) electrons. The smallest absolute Gasteiger partial charge is 0.254 e. The average Bonchev–Trinajstić information content (AvgIpc) is 3.07. The summed E-state index contributed by atoms with van der Waals surface area (Å²) in [6.07, 6.45) is 1.72. The number of hydrogen-bond acceptors (Lipinski definition) is 4. The fourth-order valence-electron chi connectivity index (χ4n) is 3.80. The number of aryl methyl sites for hydroxylation is 2. The summed E-state index contributed by atoms with van der Waals surface area (Å²) in [6, 6.07) is 13.7. The Labute approximate surface area is 183 Å². The minimum atomic E-state index is -0.608. The van der Waals surface area contributed by atoms with Gasteiger partial charge in [-0.2, -0.15) is 5.10 Å². The van der Waals surface area contributed by atoms with Crippen LogP contribution in [-0.2, 0) is 24.1 Å². The number of nitrogens with two attached hydrogens (primary N) is 2. The zero-order valence-electron chi connectivity index (χ0n) is 18.6. The van der Waals surface area contributed by atoms with Gasteiger partial charge in [-0.1, -0.05) is 49.4 Å². The number of nitrogen functional groups attached to an aromatic ring is 1. The third kappa shape index (κ3) is 4.85. The third-order valence-corrected chi connectivity index (χ3v) is 5.51. The number of amides is 1. The molecule has 0 bridgehead atoms. The number of rotatable bonds is 8. The Morgan fingerprint density at radius 2 is 1.65 bits per heavy atom. The SMILES string of the molecule is CCc1cc(CC(=O)Cc2ccc(-c3nn(C(C)C)c(N)c3C(N)=O)cc2)ccc1C. The number of anilines is 1. The predicted molar refractivity (Wildman–Crippen MR) is 124 cm³/mol. The van der Waals surface area contributed by atoms with Crippen LogP contribution in [0.4, 0.5) is 5.82 Å². The standard InChI is InChI=1S/C25H30N4O2/c1-5-19-12-18(7-6-16(19)4)14-21(30)13-17-8-10-20(11-9-17)23-22(25(27)31)24(26)29(28-23)15(2)3/h6-12,15H,5,13-14,26H2,1-4H3,(H2,27,31). The Morgan fingerprint density at radius 1 is 1.03 bits per heavy atom. The van der Waals surface area contributed by atoms with Gasteiger partial charge in [0.15, 0.2) is 0 Å². The maximum atomic E-state index is 12.6. The number of Topliss-reactive ketones (excluding diaryl/α,β-unsaturated/α-hetero) is 1. The van der Waals surface area contributed by atoms with Gasteiger partial charge in [-0.05, 0) is 49.4 Å². The van der Waals surface area contributed by atoms with E-state index in [1.54, 1.807) is 4.68 Å². The van der Waals surface area contributed by atoms with Crippen LogP contribution in [0.3, 0.4) is 0 Å². The zero-order valence-corrected chi connectivity index (χ0v) is 18.6. The van der Waals surface area contributed by atoms with E-state index in [2.05, 4.69) is 31.1 Å². The van der Waals surface area contributed by atoms with Gasteiger partial charge >= 0.3 is 0 Å². The summed E-state index contributed by atoms with van der Waals surface area (Å²) in [5.41, 5.74) is 17.6.